The van der Waals surface area contributed by atoms with Crippen LogP contribution in [0.3, 0.4) is 0 Å². The van der Waals surface area contributed by atoms with E-state index in [-0.39, 0.29) is 10.7 Å². The van der Waals surface area contributed by atoms with Crippen molar-refractivity contribution in [3.63, 3.8) is 0 Å². The Morgan fingerprint density at radius 2 is 1.87 bits per heavy atom. The first-order chi connectivity index (χ1) is 14.5. The second kappa shape index (κ2) is 8.49. The third kappa shape index (κ3) is 4.06. The molecule has 1 aliphatic rings. The molecule has 158 valence electrons. The standard InChI is InChI=1S/C22H24N2O5S/c1-2-28-20-11-10-17(30(26,27)24-12-6-3-7-13-24)15-18(20)23-22(25)21-14-16-8-4-5-9-19(16)29-21/h4-5,8-11,14-15H,2-3,6-7,12-13H2,1H3,(H,23,25). The topological polar surface area (TPSA) is 88.9 Å². The largest absolute Gasteiger partial charge is 0.492 e. The SMILES string of the molecule is CCOc1ccc(S(=O)(=O)N2CCCCC2)cc1NC(=O)c1cc2ccccc2o1. The molecule has 0 radical (unpaired) electrons. The van der Waals surface area contributed by atoms with Crippen LogP contribution in [0.25, 0.3) is 11.0 Å². The van der Waals surface area contributed by atoms with Crippen molar-refractivity contribution in [2.75, 3.05) is 25.0 Å². The van der Waals surface area contributed by atoms with Gasteiger partial charge in [0.05, 0.1) is 17.2 Å². The number of furan rings is 1. The van der Waals surface area contributed by atoms with Gasteiger partial charge in [-0.05, 0) is 50.1 Å². The molecule has 2 heterocycles. The molecule has 1 fully saturated rings. The highest BCUT2D eigenvalue weighted by Crippen LogP contribution is 2.31. The molecule has 30 heavy (non-hydrogen) atoms. The number of hydrogen-bond donors (Lipinski definition) is 1. The van der Waals surface area contributed by atoms with Gasteiger partial charge in [0, 0.05) is 18.5 Å². The molecule has 2 aromatic carbocycles. The van der Waals surface area contributed by atoms with Gasteiger partial charge in [0.15, 0.2) is 5.76 Å². The van der Waals surface area contributed by atoms with E-state index in [1.807, 2.05) is 25.1 Å². The zero-order valence-electron chi connectivity index (χ0n) is 16.8. The number of anilines is 1. The molecule has 3 aromatic rings. The van der Waals surface area contributed by atoms with Gasteiger partial charge < -0.3 is 14.5 Å². The fraction of sp³-hybridized carbons (Fsp3) is 0.318. The van der Waals surface area contributed by atoms with Crippen molar-refractivity contribution in [1.82, 2.24) is 4.31 Å². The number of rotatable bonds is 6. The summed E-state index contributed by atoms with van der Waals surface area (Å²) in [6, 6.07) is 13.5. The van der Waals surface area contributed by atoms with Crippen molar-refractivity contribution in [3.05, 3.63) is 54.3 Å². The number of hydrogen-bond acceptors (Lipinski definition) is 5. The lowest BCUT2D eigenvalue weighted by molar-refractivity contribution is 0.0998. The molecule has 1 aliphatic heterocycles. The van der Waals surface area contributed by atoms with Gasteiger partial charge in [-0.25, -0.2) is 8.42 Å². The summed E-state index contributed by atoms with van der Waals surface area (Å²) in [5.41, 5.74) is 0.898. The van der Waals surface area contributed by atoms with Gasteiger partial charge in [0.1, 0.15) is 11.3 Å². The number of amides is 1. The van der Waals surface area contributed by atoms with Crippen LogP contribution in [0.4, 0.5) is 5.69 Å². The average Bonchev–Trinajstić information content (AvgIpc) is 3.20. The molecule has 0 atom stereocenters. The average molecular weight is 429 g/mol. The maximum absolute atomic E-state index is 13.0. The fourth-order valence-corrected chi connectivity index (χ4v) is 5.12. The van der Waals surface area contributed by atoms with Gasteiger partial charge in [-0.2, -0.15) is 4.31 Å². The molecular formula is C22H24N2O5S. The van der Waals surface area contributed by atoms with Crippen molar-refractivity contribution in [2.45, 2.75) is 31.1 Å². The van der Waals surface area contributed by atoms with Crippen LogP contribution in [0.2, 0.25) is 0 Å². The van der Waals surface area contributed by atoms with Gasteiger partial charge in [-0.1, -0.05) is 24.6 Å². The van der Waals surface area contributed by atoms with Gasteiger partial charge in [-0.3, -0.25) is 4.79 Å². The predicted octanol–water partition coefficient (Wildman–Crippen LogP) is 4.26. The van der Waals surface area contributed by atoms with E-state index in [1.54, 1.807) is 18.2 Å². The maximum Gasteiger partial charge on any atom is 0.291 e. The Bertz CT molecular complexity index is 1130. The number of carbonyl (C=O) groups is 1. The van der Waals surface area contributed by atoms with E-state index in [4.69, 9.17) is 9.15 Å². The smallest absolute Gasteiger partial charge is 0.291 e. The van der Waals surface area contributed by atoms with Crippen LogP contribution in [-0.2, 0) is 10.0 Å². The second-order valence-corrected chi connectivity index (χ2v) is 9.10. The zero-order chi connectivity index (χ0) is 21.1. The molecule has 1 amide bonds. The predicted molar refractivity (Wildman–Crippen MR) is 114 cm³/mol. The monoisotopic (exact) mass is 428 g/mol. The lowest BCUT2D eigenvalue weighted by Crippen LogP contribution is -2.35. The minimum absolute atomic E-state index is 0.132. The van der Waals surface area contributed by atoms with Gasteiger partial charge in [0.25, 0.3) is 5.91 Å². The highest BCUT2D eigenvalue weighted by molar-refractivity contribution is 7.89. The van der Waals surface area contributed by atoms with Crippen molar-refractivity contribution in [3.8, 4) is 5.75 Å². The highest BCUT2D eigenvalue weighted by Gasteiger charge is 2.27. The summed E-state index contributed by atoms with van der Waals surface area (Å²) in [6.07, 6.45) is 2.74. The minimum atomic E-state index is -3.63. The van der Waals surface area contributed by atoms with Crippen molar-refractivity contribution < 1.29 is 22.4 Å². The Morgan fingerprint density at radius 3 is 2.60 bits per heavy atom. The number of piperidine rings is 1. The molecule has 1 saturated heterocycles. The van der Waals surface area contributed by atoms with Gasteiger partial charge in [0.2, 0.25) is 10.0 Å². The third-order valence-electron chi connectivity index (χ3n) is 5.10. The Balaban J connectivity index is 1.65. The van der Waals surface area contributed by atoms with Crippen LogP contribution in [0.15, 0.2) is 57.8 Å². The molecule has 0 unspecified atom stereocenters. The van der Waals surface area contributed by atoms with Crippen molar-refractivity contribution in [1.29, 1.82) is 0 Å². The normalized spacial score (nSPS) is 15.2. The number of nitrogens with zero attached hydrogens (tertiary/aromatic N) is 1. The Morgan fingerprint density at radius 1 is 1.10 bits per heavy atom. The molecule has 0 bridgehead atoms. The number of sulfonamides is 1. The molecule has 0 spiro atoms. The van der Waals surface area contributed by atoms with E-state index < -0.39 is 15.9 Å². The zero-order valence-corrected chi connectivity index (χ0v) is 17.6. The van der Waals surface area contributed by atoms with E-state index >= 15 is 0 Å². The van der Waals surface area contributed by atoms with Crippen LogP contribution < -0.4 is 10.1 Å². The number of para-hydroxylation sites is 1. The van der Waals surface area contributed by atoms with Crippen LogP contribution in [-0.4, -0.2) is 38.3 Å². The first kappa shape index (κ1) is 20.4. The van der Waals surface area contributed by atoms with Gasteiger partial charge in [-0.15, -0.1) is 0 Å². The first-order valence-electron chi connectivity index (χ1n) is 10.1. The Labute approximate surface area is 175 Å². The third-order valence-corrected chi connectivity index (χ3v) is 7.00. The molecule has 8 heteroatoms. The number of ether oxygens (including phenoxy) is 1. The first-order valence-corrected chi connectivity index (χ1v) is 11.5. The fourth-order valence-electron chi connectivity index (χ4n) is 3.58. The molecule has 0 saturated carbocycles. The molecule has 4 rings (SSSR count). The van der Waals surface area contributed by atoms with Gasteiger partial charge >= 0.3 is 0 Å². The summed E-state index contributed by atoms with van der Waals surface area (Å²) >= 11 is 0. The van der Waals surface area contributed by atoms with E-state index in [0.29, 0.717) is 36.7 Å². The Kier molecular flexibility index (Phi) is 5.78. The summed E-state index contributed by atoms with van der Waals surface area (Å²) in [6.45, 7) is 3.22. The number of fused-ring (bicyclic) bond motifs is 1. The Hall–Kier alpha value is -2.84. The maximum atomic E-state index is 13.0. The van der Waals surface area contributed by atoms with Crippen LogP contribution >= 0.6 is 0 Å². The van der Waals surface area contributed by atoms with E-state index in [0.717, 1.165) is 24.6 Å². The molecule has 0 aliphatic carbocycles. The molecule has 1 N–H and O–H groups in total. The van der Waals surface area contributed by atoms with Crippen LogP contribution in [0.5, 0.6) is 5.75 Å². The summed E-state index contributed by atoms with van der Waals surface area (Å²) in [4.78, 5) is 12.9. The number of nitrogens with one attached hydrogen (secondary N) is 1. The van der Waals surface area contributed by atoms with E-state index in [1.165, 1.54) is 16.4 Å². The highest BCUT2D eigenvalue weighted by atomic mass is 32.2. The lowest BCUT2D eigenvalue weighted by atomic mass is 10.2. The summed E-state index contributed by atoms with van der Waals surface area (Å²) in [7, 11) is -3.63. The van der Waals surface area contributed by atoms with Crippen molar-refractivity contribution in [2.24, 2.45) is 0 Å². The minimum Gasteiger partial charge on any atom is -0.492 e. The van der Waals surface area contributed by atoms with E-state index in [2.05, 4.69) is 5.32 Å². The van der Waals surface area contributed by atoms with Crippen molar-refractivity contribution >= 4 is 32.6 Å². The summed E-state index contributed by atoms with van der Waals surface area (Å²) < 4.78 is 38.8. The quantitative estimate of drug-likeness (QED) is 0.634. The number of benzene rings is 2. The summed E-state index contributed by atoms with van der Waals surface area (Å²) in [5, 5.41) is 3.56. The molecule has 7 nitrogen and oxygen atoms in total. The summed E-state index contributed by atoms with van der Waals surface area (Å²) in [5.74, 6) is 0.0715. The number of carbonyl (C=O) groups excluding carboxylic acids is 1. The lowest BCUT2D eigenvalue weighted by Gasteiger charge is -2.26. The molecule has 1 aromatic heterocycles. The van der Waals surface area contributed by atoms with E-state index in [9.17, 15) is 13.2 Å². The van der Waals surface area contributed by atoms with Crippen LogP contribution in [0, 0.1) is 0 Å². The second-order valence-electron chi connectivity index (χ2n) is 7.16. The molecular weight excluding hydrogens is 404 g/mol. The van der Waals surface area contributed by atoms with Crippen LogP contribution in [0.1, 0.15) is 36.7 Å².